The Balaban J connectivity index is 1.54. The molecule has 6 heteroatoms. The van der Waals surface area contributed by atoms with Crippen LogP contribution in [0.2, 0.25) is 0 Å². The van der Waals surface area contributed by atoms with Gasteiger partial charge in [-0.3, -0.25) is 9.59 Å². The van der Waals surface area contributed by atoms with E-state index in [0.717, 1.165) is 56.7 Å². The molecule has 0 saturated carbocycles. The summed E-state index contributed by atoms with van der Waals surface area (Å²) < 4.78 is 2.15. The normalized spacial score (nSPS) is 24.2. The lowest BCUT2D eigenvalue weighted by Gasteiger charge is -2.35. The van der Waals surface area contributed by atoms with Crippen molar-refractivity contribution in [1.29, 1.82) is 0 Å². The van der Waals surface area contributed by atoms with Gasteiger partial charge in [0.05, 0.1) is 5.69 Å². The molecule has 0 unspecified atom stereocenters. The number of carbonyl (C=O) groups excluding carboxylic acids is 2. The molecule has 1 aromatic heterocycles. The maximum atomic E-state index is 12.4. The second-order valence-corrected chi connectivity index (χ2v) is 6.82. The summed E-state index contributed by atoms with van der Waals surface area (Å²) in [5.74, 6) is 1.26. The van der Waals surface area contributed by atoms with Crippen molar-refractivity contribution in [2.45, 2.75) is 71.0 Å². The van der Waals surface area contributed by atoms with Crippen molar-refractivity contribution < 1.29 is 9.59 Å². The smallest absolute Gasteiger partial charge is 0.222 e. The van der Waals surface area contributed by atoms with Crippen LogP contribution < -0.4 is 5.32 Å². The molecule has 0 aromatic carbocycles. The first-order valence-electron chi connectivity index (χ1n) is 8.62. The number of rotatable bonds is 3. The van der Waals surface area contributed by atoms with Crippen LogP contribution in [0, 0.1) is 6.92 Å². The Morgan fingerprint density at radius 3 is 2.96 bits per heavy atom. The Kier molecular flexibility index (Phi) is 4.68. The molecule has 0 bridgehead atoms. The van der Waals surface area contributed by atoms with Crippen molar-refractivity contribution in [2.75, 3.05) is 6.54 Å². The summed E-state index contributed by atoms with van der Waals surface area (Å²) in [4.78, 5) is 30.5. The summed E-state index contributed by atoms with van der Waals surface area (Å²) in [6.45, 7) is 5.18. The van der Waals surface area contributed by atoms with Gasteiger partial charge in [-0.2, -0.15) is 0 Å². The molecule has 6 nitrogen and oxygen atoms in total. The van der Waals surface area contributed by atoms with Crippen molar-refractivity contribution >= 4 is 11.8 Å². The average Bonchev–Trinajstić information content (AvgIpc) is 2.86. The highest BCUT2D eigenvalue weighted by atomic mass is 16.2. The second-order valence-electron chi connectivity index (χ2n) is 6.82. The zero-order valence-electron chi connectivity index (χ0n) is 14.0. The Morgan fingerprint density at radius 2 is 2.17 bits per heavy atom. The van der Waals surface area contributed by atoms with Gasteiger partial charge in [0.15, 0.2) is 0 Å². The van der Waals surface area contributed by atoms with E-state index >= 15 is 0 Å². The van der Waals surface area contributed by atoms with Crippen LogP contribution in [0.4, 0.5) is 0 Å². The first-order valence-corrected chi connectivity index (χ1v) is 8.62. The van der Waals surface area contributed by atoms with Gasteiger partial charge < -0.3 is 14.8 Å². The van der Waals surface area contributed by atoms with Crippen molar-refractivity contribution in [3.05, 3.63) is 17.7 Å². The molecule has 1 N–H and O–H groups in total. The van der Waals surface area contributed by atoms with Crippen LogP contribution in [0.15, 0.2) is 6.20 Å². The van der Waals surface area contributed by atoms with E-state index in [0.29, 0.717) is 6.42 Å². The highest BCUT2D eigenvalue weighted by Gasteiger charge is 2.28. The topological polar surface area (TPSA) is 67.2 Å². The van der Waals surface area contributed by atoms with Gasteiger partial charge in [-0.1, -0.05) is 0 Å². The van der Waals surface area contributed by atoms with Crippen LogP contribution in [0.25, 0.3) is 0 Å². The van der Waals surface area contributed by atoms with E-state index in [1.54, 1.807) is 6.92 Å². The van der Waals surface area contributed by atoms with Crippen molar-refractivity contribution in [3.63, 3.8) is 0 Å². The molecule has 0 radical (unpaired) electrons. The maximum Gasteiger partial charge on any atom is 0.222 e. The van der Waals surface area contributed by atoms with Crippen molar-refractivity contribution in [2.24, 2.45) is 0 Å². The number of fused-ring (bicyclic) bond motifs is 1. The van der Waals surface area contributed by atoms with Crippen LogP contribution in [0.1, 0.15) is 50.5 Å². The lowest BCUT2D eigenvalue weighted by atomic mass is 9.98. The van der Waals surface area contributed by atoms with Crippen LogP contribution in [-0.2, 0) is 22.6 Å². The van der Waals surface area contributed by atoms with Gasteiger partial charge in [-0.25, -0.2) is 4.98 Å². The number of amides is 2. The highest BCUT2D eigenvalue weighted by Crippen LogP contribution is 2.20. The largest absolute Gasteiger partial charge is 0.351 e. The van der Waals surface area contributed by atoms with E-state index in [2.05, 4.69) is 14.9 Å². The Morgan fingerprint density at radius 1 is 1.35 bits per heavy atom. The number of hydrogen-bond acceptors (Lipinski definition) is 3. The Hall–Kier alpha value is -1.85. The molecule has 3 rings (SSSR count). The molecule has 0 aliphatic carbocycles. The number of hydrogen-bond donors (Lipinski definition) is 1. The summed E-state index contributed by atoms with van der Waals surface area (Å²) in [6.07, 6.45) is 7.39. The van der Waals surface area contributed by atoms with E-state index in [-0.39, 0.29) is 23.9 Å². The summed E-state index contributed by atoms with van der Waals surface area (Å²) in [7, 11) is 0. The van der Waals surface area contributed by atoms with E-state index in [1.165, 1.54) is 0 Å². The lowest BCUT2D eigenvalue weighted by molar-refractivity contribution is -0.134. The number of nitrogens with one attached hydrogen (secondary N) is 1. The molecular formula is C17H26N4O2. The van der Waals surface area contributed by atoms with Crippen LogP contribution in [-0.4, -0.2) is 44.9 Å². The number of aromatic nitrogens is 2. The molecule has 1 aromatic rings. The number of likely N-dealkylation sites (tertiary alicyclic amines) is 1. The minimum Gasteiger partial charge on any atom is -0.351 e. The van der Waals surface area contributed by atoms with Crippen molar-refractivity contribution in [3.8, 4) is 0 Å². The van der Waals surface area contributed by atoms with Gasteiger partial charge in [0, 0.05) is 51.1 Å². The summed E-state index contributed by atoms with van der Waals surface area (Å²) in [6, 6.07) is 0.230. The van der Waals surface area contributed by atoms with Gasteiger partial charge in [0.25, 0.3) is 0 Å². The number of piperidine rings is 1. The first-order chi connectivity index (χ1) is 11.0. The molecule has 23 heavy (non-hydrogen) atoms. The van der Waals surface area contributed by atoms with E-state index in [1.807, 2.05) is 18.0 Å². The molecule has 0 spiro atoms. The lowest BCUT2D eigenvalue weighted by Crippen LogP contribution is -2.47. The number of carbonyl (C=O) groups is 2. The molecule has 2 amide bonds. The standard InChI is InChI=1S/C17H26N4O2/c1-12-10-20-11-14(6-7-16(20)18-12)19-17(23)9-15-5-3-4-8-21(15)13(2)22/h10,14-15H,3-9,11H2,1-2H3,(H,19,23)/t14-,15+/m0/s1. The van der Waals surface area contributed by atoms with E-state index < -0.39 is 0 Å². The predicted molar refractivity (Wildman–Crippen MR) is 86.9 cm³/mol. The van der Waals surface area contributed by atoms with Gasteiger partial charge >= 0.3 is 0 Å². The van der Waals surface area contributed by atoms with E-state index in [9.17, 15) is 9.59 Å². The molecule has 126 valence electrons. The van der Waals surface area contributed by atoms with Gasteiger partial charge in [-0.15, -0.1) is 0 Å². The van der Waals surface area contributed by atoms with Crippen LogP contribution in [0.3, 0.4) is 0 Å². The Labute approximate surface area is 137 Å². The highest BCUT2D eigenvalue weighted by molar-refractivity contribution is 5.79. The molecule has 1 fully saturated rings. The third kappa shape index (κ3) is 3.74. The monoisotopic (exact) mass is 318 g/mol. The summed E-state index contributed by atoms with van der Waals surface area (Å²) >= 11 is 0. The molecular weight excluding hydrogens is 292 g/mol. The third-order valence-corrected chi connectivity index (χ3v) is 4.93. The fourth-order valence-electron chi connectivity index (χ4n) is 3.83. The fraction of sp³-hybridized carbons (Fsp3) is 0.706. The predicted octanol–water partition coefficient (Wildman–Crippen LogP) is 1.41. The SMILES string of the molecule is CC(=O)N1CCCC[C@@H]1CC(=O)N[C@H]1CCc2nc(C)cn2C1. The Bertz CT molecular complexity index is 595. The molecule has 1 saturated heterocycles. The number of imidazole rings is 1. The zero-order valence-corrected chi connectivity index (χ0v) is 14.0. The summed E-state index contributed by atoms with van der Waals surface area (Å²) in [5, 5.41) is 3.15. The minimum atomic E-state index is 0.0634. The molecule has 3 heterocycles. The van der Waals surface area contributed by atoms with Crippen molar-refractivity contribution in [1.82, 2.24) is 19.8 Å². The van der Waals surface area contributed by atoms with Gasteiger partial charge in [0.1, 0.15) is 5.82 Å². The van der Waals surface area contributed by atoms with Gasteiger partial charge in [0.2, 0.25) is 11.8 Å². The zero-order chi connectivity index (χ0) is 16.4. The second kappa shape index (κ2) is 6.72. The minimum absolute atomic E-state index is 0.0634. The first kappa shape index (κ1) is 16.0. The maximum absolute atomic E-state index is 12.4. The third-order valence-electron chi connectivity index (χ3n) is 4.93. The van der Waals surface area contributed by atoms with E-state index in [4.69, 9.17) is 0 Å². The van der Waals surface area contributed by atoms with Crippen LogP contribution in [0.5, 0.6) is 0 Å². The molecule has 2 aliphatic heterocycles. The summed E-state index contributed by atoms with van der Waals surface area (Å²) in [5.41, 5.74) is 1.03. The fourth-order valence-corrected chi connectivity index (χ4v) is 3.83. The molecule has 2 aliphatic rings. The van der Waals surface area contributed by atoms with Crippen LogP contribution >= 0.6 is 0 Å². The number of nitrogens with zero attached hydrogens (tertiary/aromatic N) is 3. The number of aryl methyl sites for hydroxylation is 2. The molecule has 2 atom stereocenters. The quantitative estimate of drug-likeness (QED) is 0.916. The average molecular weight is 318 g/mol. The van der Waals surface area contributed by atoms with Gasteiger partial charge in [-0.05, 0) is 32.6 Å².